The number of benzene rings is 1. The van der Waals surface area contributed by atoms with Gasteiger partial charge in [0.05, 0.1) is 26.0 Å². The molecule has 8 nitrogen and oxygen atoms in total. The Kier molecular flexibility index (Phi) is 8.13. The zero-order chi connectivity index (χ0) is 20.5. The molecule has 2 aromatic rings. The number of ether oxygens (including phenoxy) is 2. The molecule has 0 bridgehead atoms. The summed E-state index contributed by atoms with van der Waals surface area (Å²) in [5.74, 6) is 2.82. The largest absolute Gasteiger partial charge is 0.497 e. The molecule has 8 heteroatoms. The highest BCUT2D eigenvalue weighted by molar-refractivity contribution is 5.79. The average Bonchev–Trinajstić information content (AvgIpc) is 3.18. The normalized spacial score (nSPS) is 12.8. The van der Waals surface area contributed by atoms with Gasteiger partial charge in [-0.3, -0.25) is 0 Å². The Morgan fingerprint density at radius 3 is 2.61 bits per heavy atom. The van der Waals surface area contributed by atoms with E-state index in [9.17, 15) is 5.11 Å². The Hall–Kier alpha value is -2.74. The van der Waals surface area contributed by atoms with Crippen molar-refractivity contribution in [1.29, 1.82) is 0 Å². The third kappa shape index (κ3) is 5.88. The van der Waals surface area contributed by atoms with E-state index in [4.69, 9.17) is 14.0 Å². The molecule has 0 spiro atoms. The minimum atomic E-state index is -0.799. The fourth-order valence-corrected chi connectivity index (χ4v) is 2.58. The van der Waals surface area contributed by atoms with E-state index in [1.807, 2.05) is 13.0 Å². The first-order chi connectivity index (χ1) is 13.5. The highest BCUT2D eigenvalue weighted by Gasteiger charge is 2.15. The maximum atomic E-state index is 10.6. The van der Waals surface area contributed by atoms with Crippen LogP contribution in [0.25, 0.3) is 0 Å². The van der Waals surface area contributed by atoms with Crippen LogP contribution in [0.5, 0.6) is 11.5 Å². The van der Waals surface area contributed by atoms with Crippen molar-refractivity contribution in [3.63, 3.8) is 0 Å². The van der Waals surface area contributed by atoms with Crippen molar-refractivity contribution in [2.24, 2.45) is 4.99 Å². The van der Waals surface area contributed by atoms with Gasteiger partial charge in [-0.2, -0.15) is 0 Å². The van der Waals surface area contributed by atoms with Gasteiger partial charge in [-0.15, -0.1) is 0 Å². The molecule has 1 unspecified atom stereocenters. The van der Waals surface area contributed by atoms with Crippen molar-refractivity contribution in [2.75, 3.05) is 27.3 Å². The number of rotatable bonds is 9. The van der Waals surface area contributed by atoms with Gasteiger partial charge in [0, 0.05) is 24.7 Å². The van der Waals surface area contributed by atoms with E-state index < -0.39 is 6.10 Å². The molecule has 28 heavy (non-hydrogen) atoms. The maximum Gasteiger partial charge on any atom is 0.191 e. The number of aliphatic hydroxyl groups is 1. The molecule has 2 rings (SSSR count). The van der Waals surface area contributed by atoms with Crippen LogP contribution >= 0.6 is 0 Å². The number of aliphatic imine (C=N–C) groups is 1. The molecule has 0 aliphatic carbocycles. The smallest absolute Gasteiger partial charge is 0.191 e. The van der Waals surface area contributed by atoms with Crippen LogP contribution in [0.2, 0.25) is 0 Å². The van der Waals surface area contributed by atoms with Crippen molar-refractivity contribution < 1.29 is 19.1 Å². The SMILES string of the molecule is CCNC(=NCc1cc(C(C)C)no1)NCC(O)c1cc(OC)ccc1OC. The Morgan fingerprint density at radius 2 is 2.00 bits per heavy atom. The number of aliphatic hydroxyl groups excluding tert-OH is 1. The summed E-state index contributed by atoms with van der Waals surface area (Å²) in [5, 5.41) is 20.9. The number of nitrogens with zero attached hydrogens (tertiary/aromatic N) is 2. The molecule has 0 saturated heterocycles. The van der Waals surface area contributed by atoms with Crippen LogP contribution in [0, 0.1) is 0 Å². The lowest BCUT2D eigenvalue weighted by atomic mass is 10.1. The molecule has 1 aromatic heterocycles. The quantitative estimate of drug-likeness (QED) is 0.447. The molecule has 1 atom stereocenters. The Balaban J connectivity index is 2.03. The van der Waals surface area contributed by atoms with Crippen LogP contribution < -0.4 is 20.1 Å². The van der Waals surface area contributed by atoms with Gasteiger partial charge in [0.2, 0.25) is 0 Å². The molecule has 1 aromatic carbocycles. The molecule has 1 heterocycles. The van der Waals surface area contributed by atoms with E-state index >= 15 is 0 Å². The second-order valence-corrected chi connectivity index (χ2v) is 6.57. The van der Waals surface area contributed by atoms with Gasteiger partial charge in [-0.25, -0.2) is 4.99 Å². The average molecular weight is 390 g/mol. The predicted octanol–water partition coefficient (Wildman–Crippen LogP) is 2.60. The van der Waals surface area contributed by atoms with Crippen molar-refractivity contribution in [1.82, 2.24) is 15.8 Å². The fourth-order valence-electron chi connectivity index (χ4n) is 2.58. The number of methoxy groups -OCH3 is 2. The third-order valence-corrected chi connectivity index (χ3v) is 4.16. The maximum absolute atomic E-state index is 10.6. The first-order valence-electron chi connectivity index (χ1n) is 9.36. The van der Waals surface area contributed by atoms with Crippen LogP contribution in [-0.2, 0) is 6.54 Å². The summed E-state index contributed by atoms with van der Waals surface area (Å²) in [5.41, 5.74) is 1.55. The van der Waals surface area contributed by atoms with Crippen molar-refractivity contribution in [3.8, 4) is 11.5 Å². The Morgan fingerprint density at radius 1 is 1.21 bits per heavy atom. The summed E-state index contributed by atoms with van der Waals surface area (Å²) >= 11 is 0. The second-order valence-electron chi connectivity index (χ2n) is 6.57. The molecule has 0 fully saturated rings. The molecule has 154 valence electrons. The molecule has 0 saturated carbocycles. The predicted molar refractivity (Wildman–Crippen MR) is 108 cm³/mol. The van der Waals surface area contributed by atoms with Gasteiger partial charge in [-0.1, -0.05) is 19.0 Å². The van der Waals surface area contributed by atoms with E-state index in [-0.39, 0.29) is 6.54 Å². The van der Waals surface area contributed by atoms with E-state index in [2.05, 4.69) is 34.6 Å². The molecular formula is C20H30N4O4. The first kappa shape index (κ1) is 21.6. The minimum absolute atomic E-state index is 0.253. The number of hydrogen-bond donors (Lipinski definition) is 3. The molecule has 0 radical (unpaired) electrons. The van der Waals surface area contributed by atoms with Gasteiger partial charge >= 0.3 is 0 Å². The van der Waals surface area contributed by atoms with Crippen molar-refractivity contribution in [3.05, 3.63) is 41.3 Å². The van der Waals surface area contributed by atoms with Gasteiger partial charge in [0.1, 0.15) is 18.0 Å². The topological polar surface area (TPSA) is 101 Å². The Bertz CT molecular complexity index is 773. The van der Waals surface area contributed by atoms with E-state index in [1.165, 1.54) is 0 Å². The van der Waals surface area contributed by atoms with Crippen molar-refractivity contribution >= 4 is 5.96 Å². The van der Waals surface area contributed by atoms with Crippen LogP contribution in [0.1, 0.15) is 49.8 Å². The highest BCUT2D eigenvalue weighted by Crippen LogP contribution is 2.29. The van der Waals surface area contributed by atoms with E-state index in [1.54, 1.807) is 32.4 Å². The Labute approximate surface area is 165 Å². The zero-order valence-electron chi connectivity index (χ0n) is 17.2. The summed E-state index contributed by atoms with van der Waals surface area (Å²) in [6.45, 7) is 7.40. The molecule has 0 aliphatic rings. The van der Waals surface area contributed by atoms with Gasteiger partial charge in [0.15, 0.2) is 11.7 Å². The van der Waals surface area contributed by atoms with Crippen LogP contribution in [-0.4, -0.2) is 43.5 Å². The van der Waals surface area contributed by atoms with Crippen LogP contribution in [0.3, 0.4) is 0 Å². The number of aromatic nitrogens is 1. The summed E-state index contributed by atoms with van der Waals surface area (Å²) < 4.78 is 15.9. The summed E-state index contributed by atoms with van der Waals surface area (Å²) in [6.07, 6.45) is -0.799. The molecule has 0 aliphatic heterocycles. The van der Waals surface area contributed by atoms with E-state index in [0.29, 0.717) is 47.8 Å². The lowest BCUT2D eigenvalue weighted by Gasteiger charge is -2.18. The number of guanidine groups is 1. The minimum Gasteiger partial charge on any atom is -0.497 e. The van der Waals surface area contributed by atoms with Gasteiger partial charge < -0.3 is 29.7 Å². The third-order valence-electron chi connectivity index (χ3n) is 4.16. The molecular weight excluding hydrogens is 360 g/mol. The number of nitrogens with one attached hydrogen (secondary N) is 2. The summed E-state index contributed by atoms with van der Waals surface area (Å²) in [4.78, 5) is 4.49. The lowest BCUT2D eigenvalue weighted by molar-refractivity contribution is 0.176. The van der Waals surface area contributed by atoms with Gasteiger partial charge in [-0.05, 0) is 31.0 Å². The summed E-state index contributed by atoms with van der Waals surface area (Å²) in [6, 6.07) is 7.23. The monoisotopic (exact) mass is 390 g/mol. The standard InChI is InChI=1S/C20H30N4O4/c1-6-21-20(22-11-15-10-17(13(2)3)24-28-15)23-12-18(25)16-9-14(26-4)7-8-19(16)27-5/h7-10,13,18,25H,6,11-12H2,1-5H3,(H2,21,22,23). The first-order valence-corrected chi connectivity index (χ1v) is 9.36. The summed E-state index contributed by atoms with van der Waals surface area (Å²) in [7, 11) is 3.15. The van der Waals surface area contributed by atoms with Crippen LogP contribution in [0.15, 0.2) is 33.8 Å². The van der Waals surface area contributed by atoms with Crippen LogP contribution in [0.4, 0.5) is 0 Å². The number of hydrogen-bond acceptors (Lipinski definition) is 6. The fraction of sp³-hybridized carbons (Fsp3) is 0.500. The second kappa shape index (κ2) is 10.6. The lowest BCUT2D eigenvalue weighted by Crippen LogP contribution is -2.39. The van der Waals surface area contributed by atoms with Crippen molar-refractivity contribution in [2.45, 2.75) is 39.3 Å². The highest BCUT2D eigenvalue weighted by atomic mass is 16.5. The molecule has 0 amide bonds. The zero-order valence-corrected chi connectivity index (χ0v) is 17.2. The van der Waals surface area contributed by atoms with Gasteiger partial charge in [0.25, 0.3) is 0 Å². The molecule has 3 N–H and O–H groups in total. The van der Waals surface area contributed by atoms with E-state index in [0.717, 1.165) is 5.69 Å².